The lowest BCUT2D eigenvalue weighted by atomic mass is 9.92. The van der Waals surface area contributed by atoms with Crippen LogP contribution in [0.5, 0.6) is 5.75 Å². The third-order valence-electron chi connectivity index (χ3n) is 3.45. The van der Waals surface area contributed by atoms with Gasteiger partial charge in [0.05, 0.1) is 15.6 Å². The molecular weight excluding hydrogens is 370 g/mol. The summed E-state index contributed by atoms with van der Waals surface area (Å²) in [6.07, 6.45) is 1.55. The van der Waals surface area contributed by atoms with Crippen LogP contribution in [-0.4, -0.2) is 22.6 Å². The van der Waals surface area contributed by atoms with Gasteiger partial charge in [-0.15, -0.1) is 11.3 Å². The Kier molecular flexibility index (Phi) is 5.82. The average molecular weight is 382 g/mol. The number of aryl methyl sites for hydroxylation is 1. The van der Waals surface area contributed by atoms with Gasteiger partial charge in [-0.1, -0.05) is 18.5 Å². The van der Waals surface area contributed by atoms with Gasteiger partial charge in [-0.3, -0.25) is 4.79 Å². The van der Waals surface area contributed by atoms with E-state index in [1.807, 2.05) is 6.92 Å². The number of hydrogen-bond donors (Lipinski definition) is 1. The summed E-state index contributed by atoms with van der Waals surface area (Å²) in [7, 11) is 0. The van der Waals surface area contributed by atoms with E-state index in [0.717, 1.165) is 18.5 Å². The van der Waals surface area contributed by atoms with Crippen LogP contribution < -0.4 is 0 Å². The Balaban J connectivity index is 0.000000471. The molecule has 2 aromatic rings. The van der Waals surface area contributed by atoms with E-state index < -0.39 is 18.2 Å². The minimum atomic E-state index is -3.67. The maximum absolute atomic E-state index is 13.5. The Labute approximate surface area is 143 Å². The molecule has 0 fully saturated rings. The van der Waals surface area contributed by atoms with E-state index >= 15 is 0 Å². The molecule has 1 atom stereocenters. The van der Waals surface area contributed by atoms with Gasteiger partial charge in [-0.05, 0) is 25.0 Å². The first-order valence-electron chi connectivity index (χ1n) is 6.85. The molecule has 24 heavy (non-hydrogen) atoms. The van der Waals surface area contributed by atoms with Crippen molar-refractivity contribution in [2.45, 2.75) is 26.4 Å². The molecule has 0 spiro atoms. The van der Waals surface area contributed by atoms with Crippen LogP contribution in [0.1, 0.15) is 28.7 Å². The molecule has 0 saturated heterocycles. The van der Waals surface area contributed by atoms with E-state index in [0.29, 0.717) is 15.4 Å². The van der Waals surface area contributed by atoms with Crippen LogP contribution in [0.2, 0.25) is 5.02 Å². The highest BCUT2D eigenvalue weighted by molar-refractivity contribution is 7.17. The van der Waals surface area contributed by atoms with Crippen molar-refractivity contribution in [1.82, 2.24) is 4.98 Å². The second-order valence-corrected chi connectivity index (χ2v) is 6.54. The van der Waals surface area contributed by atoms with Crippen molar-refractivity contribution in [3.8, 4) is 16.3 Å². The number of aromatic nitrogens is 1. The molecule has 0 amide bonds. The monoisotopic (exact) mass is 381 g/mol. The Bertz CT molecular complexity index is 740. The number of alkyl halides is 3. The van der Waals surface area contributed by atoms with Crippen molar-refractivity contribution >= 4 is 28.7 Å². The van der Waals surface area contributed by atoms with Crippen molar-refractivity contribution in [2.24, 2.45) is 5.92 Å². The van der Waals surface area contributed by atoms with Crippen molar-refractivity contribution < 1.29 is 27.5 Å². The number of fused-ring (bicyclic) bond motifs is 1. The molecule has 3 nitrogen and oxygen atoms in total. The lowest BCUT2D eigenvalue weighted by Gasteiger charge is -2.14. The minimum absolute atomic E-state index is 0.0101. The second-order valence-electron chi connectivity index (χ2n) is 5.13. The van der Waals surface area contributed by atoms with Gasteiger partial charge in [0.1, 0.15) is 5.01 Å². The van der Waals surface area contributed by atoms with E-state index in [1.165, 1.54) is 23.5 Å². The maximum Gasteiger partial charge on any atom is 0.379 e. The zero-order chi connectivity index (χ0) is 18.0. The largest absolute Gasteiger partial charge is 0.504 e. The zero-order valence-corrected chi connectivity index (χ0v) is 13.9. The number of rotatable bonds is 1. The predicted molar refractivity (Wildman–Crippen MR) is 83.1 cm³/mol. The Morgan fingerprint density at radius 3 is 2.58 bits per heavy atom. The highest BCUT2D eigenvalue weighted by atomic mass is 35.5. The summed E-state index contributed by atoms with van der Waals surface area (Å²) < 4.78 is 42.5. The standard InChI is InChI=1S/C14H11ClFNO2S.CHF3/c1-6-2-3-10-13(11(6)18)20-14(17-10)7-4-8(15)12(19)9(16)5-7;2-1(3)4/h4-6,19H,2-3H2,1H3;1H. The first kappa shape index (κ1) is 18.7. The topological polar surface area (TPSA) is 50.2 Å². The molecule has 0 saturated carbocycles. The lowest BCUT2D eigenvalue weighted by Crippen LogP contribution is -2.18. The maximum atomic E-state index is 13.5. The fourth-order valence-electron chi connectivity index (χ4n) is 2.23. The molecule has 9 heteroatoms. The SMILES string of the molecule is CC1CCc2nc(-c3cc(F)c(O)c(Cl)c3)sc2C1=O.FC(F)F. The van der Waals surface area contributed by atoms with E-state index in [9.17, 15) is 27.5 Å². The number of phenols is 1. The third-order valence-corrected chi connectivity index (χ3v) is 4.90. The normalized spacial score (nSPS) is 16.6. The van der Waals surface area contributed by atoms with Crippen LogP contribution in [-0.2, 0) is 6.42 Å². The molecule has 1 aromatic carbocycles. The number of hydrogen-bond acceptors (Lipinski definition) is 4. The molecule has 130 valence electrons. The smallest absolute Gasteiger partial charge is 0.379 e. The summed E-state index contributed by atoms with van der Waals surface area (Å²) in [4.78, 5) is 17.1. The minimum Gasteiger partial charge on any atom is -0.504 e. The molecule has 1 aliphatic rings. The van der Waals surface area contributed by atoms with E-state index in [-0.39, 0.29) is 16.7 Å². The third kappa shape index (κ3) is 4.05. The van der Waals surface area contributed by atoms with Gasteiger partial charge < -0.3 is 5.11 Å². The molecule has 3 rings (SSSR count). The van der Waals surface area contributed by atoms with Gasteiger partial charge in [-0.25, -0.2) is 9.37 Å². The number of halogens is 5. The molecule has 1 aliphatic carbocycles. The number of aromatic hydroxyl groups is 1. The van der Waals surface area contributed by atoms with E-state index in [2.05, 4.69) is 4.98 Å². The Hall–Kier alpha value is -1.67. The van der Waals surface area contributed by atoms with Gasteiger partial charge in [0.2, 0.25) is 0 Å². The zero-order valence-electron chi connectivity index (χ0n) is 12.3. The van der Waals surface area contributed by atoms with Gasteiger partial charge >= 0.3 is 6.68 Å². The van der Waals surface area contributed by atoms with Crippen LogP contribution in [0.3, 0.4) is 0 Å². The van der Waals surface area contributed by atoms with Gasteiger partial charge in [0, 0.05) is 11.5 Å². The molecule has 0 bridgehead atoms. The number of carbonyl (C=O) groups excluding carboxylic acids is 1. The number of Topliss-reactive ketones (excluding diaryl/α,β-unsaturated/α-hetero) is 1. The van der Waals surface area contributed by atoms with Crippen molar-refractivity contribution in [1.29, 1.82) is 0 Å². The summed E-state index contributed by atoms with van der Waals surface area (Å²) in [5.41, 5.74) is 1.25. The van der Waals surface area contributed by atoms with Crippen molar-refractivity contribution in [2.75, 3.05) is 0 Å². The van der Waals surface area contributed by atoms with Crippen LogP contribution in [0.4, 0.5) is 17.6 Å². The van der Waals surface area contributed by atoms with Crippen LogP contribution in [0, 0.1) is 11.7 Å². The first-order valence-corrected chi connectivity index (χ1v) is 8.04. The highest BCUT2D eigenvalue weighted by Gasteiger charge is 2.28. The van der Waals surface area contributed by atoms with E-state index in [4.69, 9.17) is 11.6 Å². The van der Waals surface area contributed by atoms with E-state index in [1.54, 1.807) is 0 Å². The van der Waals surface area contributed by atoms with Crippen LogP contribution in [0.25, 0.3) is 10.6 Å². The number of carbonyl (C=O) groups is 1. The van der Waals surface area contributed by atoms with Gasteiger partial charge in [0.15, 0.2) is 17.3 Å². The number of thiazole rings is 1. The molecule has 1 unspecified atom stereocenters. The Morgan fingerprint density at radius 1 is 1.38 bits per heavy atom. The first-order chi connectivity index (χ1) is 11.2. The number of nitrogens with zero attached hydrogens (tertiary/aromatic N) is 1. The van der Waals surface area contributed by atoms with Crippen molar-refractivity contribution in [3.05, 3.63) is 33.5 Å². The second kappa shape index (κ2) is 7.48. The van der Waals surface area contributed by atoms with Crippen molar-refractivity contribution in [3.63, 3.8) is 0 Å². The average Bonchev–Trinajstić information content (AvgIpc) is 2.92. The number of ketones is 1. The van der Waals surface area contributed by atoms with Gasteiger partial charge in [0.25, 0.3) is 0 Å². The molecule has 1 heterocycles. The Morgan fingerprint density at radius 2 is 2.00 bits per heavy atom. The fraction of sp³-hybridized carbons (Fsp3) is 0.333. The fourth-order valence-corrected chi connectivity index (χ4v) is 3.59. The molecule has 1 N–H and O–H groups in total. The number of benzene rings is 1. The van der Waals surface area contributed by atoms with Crippen LogP contribution in [0.15, 0.2) is 12.1 Å². The van der Waals surface area contributed by atoms with Gasteiger partial charge in [-0.2, -0.15) is 13.2 Å². The summed E-state index contributed by atoms with van der Waals surface area (Å²) >= 11 is 7.02. The predicted octanol–water partition coefficient (Wildman–Crippen LogP) is 5.25. The molecule has 0 aliphatic heterocycles. The molecular formula is C15H12ClF4NO2S. The molecule has 1 aromatic heterocycles. The summed E-state index contributed by atoms with van der Waals surface area (Å²) in [6, 6.07) is 2.64. The quantitative estimate of drug-likeness (QED) is 0.686. The highest BCUT2D eigenvalue weighted by Crippen LogP contribution is 2.37. The summed E-state index contributed by atoms with van der Waals surface area (Å²) in [5.74, 6) is -1.25. The molecule has 0 radical (unpaired) electrons. The summed E-state index contributed by atoms with van der Waals surface area (Å²) in [5, 5.41) is 9.83. The van der Waals surface area contributed by atoms with Crippen LogP contribution >= 0.6 is 22.9 Å². The lowest BCUT2D eigenvalue weighted by molar-refractivity contribution is 0.00818. The summed E-state index contributed by atoms with van der Waals surface area (Å²) in [6.45, 7) is -1.76. The number of phenolic OH excluding ortho intramolecular Hbond substituents is 1.